The standard InChI is InChI=1S/C9H15NO/c1-2-8-5-9-7-11-4-3-10(9)6-8/h2,8-9H,1,3-7H2. The van der Waals surface area contributed by atoms with Crippen molar-refractivity contribution in [2.45, 2.75) is 12.5 Å². The molecule has 0 spiro atoms. The molecule has 0 saturated carbocycles. The van der Waals surface area contributed by atoms with E-state index in [0.717, 1.165) is 19.8 Å². The van der Waals surface area contributed by atoms with Crippen molar-refractivity contribution in [3.8, 4) is 0 Å². The summed E-state index contributed by atoms with van der Waals surface area (Å²) in [5.74, 6) is 0.710. The van der Waals surface area contributed by atoms with Crippen molar-refractivity contribution in [1.29, 1.82) is 0 Å². The van der Waals surface area contributed by atoms with Crippen molar-refractivity contribution < 1.29 is 4.74 Å². The Labute approximate surface area is 67.8 Å². The molecule has 11 heavy (non-hydrogen) atoms. The molecule has 0 aromatic rings. The fourth-order valence-electron chi connectivity index (χ4n) is 2.04. The quantitative estimate of drug-likeness (QED) is 0.519. The van der Waals surface area contributed by atoms with E-state index >= 15 is 0 Å². The molecule has 0 aromatic heterocycles. The molecular formula is C9H15NO. The van der Waals surface area contributed by atoms with Crippen LogP contribution in [0.4, 0.5) is 0 Å². The van der Waals surface area contributed by atoms with Gasteiger partial charge in [-0.15, -0.1) is 6.58 Å². The molecule has 0 radical (unpaired) electrons. The maximum atomic E-state index is 5.40. The van der Waals surface area contributed by atoms with Crippen LogP contribution in [0.5, 0.6) is 0 Å². The molecule has 2 heterocycles. The van der Waals surface area contributed by atoms with E-state index in [2.05, 4.69) is 17.6 Å². The first-order valence-corrected chi connectivity index (χ1v) is 4.34. The zero-order valence-corrected chi connectivity index (χ0v) is 6.83. The normalized spacial score (nSPS) is 38.5. The van der Waals surface area contributed by atoms with Gasteiger partial charge in [0.2, 0.25) is 0 Å². The molecule has 2 saturated heterocycles. The molecule has 0 N–H and O–H groups in total. The first kappa shape index (κ1) is 7.32. The van der Waals surface area contributed by atoms with Crippen LogP contribution in [0.2, 0.25) is 0 Å². The number of hydrogen-bond acceptors (Lipinski definition) is 2. The van der Waals surface area contributed by atoms with Gasteiger partial charge in [0.1, 0.15) is 0 Å². The number of hydrogen-bond donors (Lipinski definition) is 0. The van der Waals surface area contributed by atoms with E-state index in [1.165, 1.54) is 13.0 Å². The molecule has 62 valence electrons. The molecule has 2 atom stereocenters. The van der Waals surface area contributed by atoms with Gasteiger partial charge in [0.15, 0.2) is 0 Å². The van der Waals surface area contributed by atoms with E-state index < -0.39 is 0 Å². The zero-order valence-electron chi connectivity index (χ0n) is 6.83. The van der Waals surface area contributed by atoms with E-state index in [9.17, 15) is 0 Å². The Balaban J connectivity index is 1.97. The lowest BCUT2D eigenvalue weighted by molar-refractivity contribution is 0.0128. The third kappa shape index (κ3) is 1.33. The van der Waals surface area contributed by atoms with Gasteiger partial charge in [-0.05, 0) is 12.3 Å². The second kappa shape index (κ2) is 2.95. The number of nitrogens with zero attached hydrogens (tertiary/aromatic N) is 1. The number of fused-ring (bicyclic) bond motifs is 1. The number of ether oxygens (including phenoxy) is 1. The smallest absolute Gasteiger partial charge is 0.0622 e. The highest BCUT2D eigenvalue weighted by atomic mass is 16.5. The summed E-state index contributed by atoms with van der Waals surface area (Å²) < 4.78 is 5.40. The van der Waals surface area contributed by atoms with Gasteiger partial charge in [-0.25, -0.2) is 0 Å². The number of rotatable bonds is 1. The van der Waals surface area contributed by atoms with E-state index in [-0.39, 0.29) is 0 Å². The fourth-order valence-corrected chi connectivity index (χ4v) is 2.04. The Morgan fingerprint density at radius 1 is 1.55 bits per heavy atom. The van der Waals surface area contributed by atoms with Crippen LogP contribution < -0.4 is 0 Å². The van der Waals surface area contributed by atoms with E-state index in [4.69, 9.17) is 4.74 Å². The van der Waals surface area contributed by atoms with E-state index in [1.54, 1.807) is 0 Å². The molecular weight excluding hydrogens is 138 g/mol. The van der Waals surface area contributed by atoms with Crippen LogP contribution >= 0.6 is 0 Å². The summed E-state index contributed by atoms with van der Waals surface area (Å²) >= 11 is 0. The summed E-state index contributed by atoms with van der Waals surface area (Å²) in [6, 6.07) is 0.687. The lowest BCUT2D eigenvalue weighted by Gasteiger charge is -2.28. The molecule has 2 aliphatic heterocycles. The average molecular weight is 153 g/mol. The molecule has 2 heteroatoms. The van der Waals surface area contributed by atoms with Crippen LogP contribution in [0.3, 0.4) is 0 Å². The minimum atomic E-state index is 0.687. The maximum Gasteiger partial charge on any atom is 0.0622 e. The third-order valence-electron chi connectivity index (χ3n) is 2.73. The maximum absolute atomic E-state index is 5.40. The molecule has 0 aliphatic carbocycles. The highest BCUT2D eigenvalue weighted by Gasteiger charge is 2.32. The molecule has 0 bridgehead atoms. The lowest BCUT2D eigenvalue weighted by Crippen LogP contribution is -2.40. The zero-order chi connectivity index (χ0) is 7.68. The van der Waals surface area contributed by atoms with Gasteiger partial charge >= 0.3 is 0 Å². The molecule has 2 unspecified atom stereocenters. The Hall–Kier alpha value is -0.340. The second-order valence-electron chi connectivity index (χ2n) is 3.46. The molecule has 0 aromatic carbocycles. The summed E-state index contributed by atoms with van der Waals surface area (Å²) in [6.07, 6.45) is 3.34. The van der Waals surface area contributed by atoms with Crippen molar-refractivity contribution in [2.75, 3.05) is 26.3 Å². The largest absolute Gasteiger partial charge is 0.378 e. The lowest BCUT2D eigenvalue weighted by atomic mass is 10.1. The minimum Gasteiger partial charge on any atom is -0.378 e. The van der Waals surface area contributed by atoms with Crippen LogP contribution in [0.15, 0.2) is 12.7 Å². The minimum absolute atomic E-state index is 0.687. The van der Waals surface area contributed by atoms with Gasteiger partial charge < -0.3 is 4.74 Å². The molecule has 2 aliphatic rings. The number of morpholine rings is 1. The van der Waals surface area contributed by atoms with Crippen LogP contribution in [0, 0.1) is 5.92 Å². The van der Waals surface area contributed by atoms with Gasteiger partial charge in [0.05, 0.1) is 13.2 Å². The van der Waals surface area contributed by atoms with Gasteiger partial charge in [-0.1, -0.05) is 6.08 Å². The van der Waals surface area contributed by atoms with Crippen LogP contribution in [-0.2, 0) is 4.74 Å². The molecule has 2 fully saturated rings. The Kier molecular flexibility index (Phi) is 1.96. The molecule has 2 nitrogen and oxygen atoms in total. The Morgan fingerprint density at radius 2 is 2.45 bits per heavy atom. The van der Waals surface area contributed by atoms with Gasteiger partial charge in [-0.2, -0.15) is 0 Å². The first-order chi connectivity index (χ1) is 5.40. The summed E-state index contributed by atoms with van der Waals surface area (Å²) in [5.41, 5.74) is 0. The van der Waals surface area contributed by atoms with Crippen molar-refractivity contribution in [3.63, 3.8) is 0 Å². The second-order valence-corrected chi connectivity index (χ2v) is 3.46. The van der Waals surface area contributed by atoms with Crippen LogP contribution in [0.1, 0.15) is 6.42 Å². The van der Waals surface area contributed by atoms with Crippen LogP contribution in [-0.4, -0.2) is 37.2 Å². The molecule has 0 amide bonds. The SMILES string of the molecule is C=CC1CC2COCCN2C1. The van der Waals surface area contributed by atoms with Crippen molar-refractivity contribution >= 4 is 0 Å². The first-order valence-electron chi connectivity index (χ1n) is 4.34. The summed E-state index contributed by atoms with van der Waals surface area (Å²) in [7, 11) is 0. The predicted molar refractivity (Wildman–Crippen MR) is 44.5 cm³/mol. The van der Waals surface area contributed by atoms with Crippen LogP contribution in [0.25, 0.3) is 0 Å². The Morgan fingerprint density at radius 3 is 3.18 bits per heavy atom. The van der Waals surface area contributed by atoms with E-state index in [0.29, 0.717) is 12.0 Å². The topological polar surface area (TPSA) is 12.5 Å². The highest BCUT2D eigenvalue weighted by molar-refractivity contribution is 4.94. The fraction of sp³-hybridized carbons (Fsp3) is 0.778. The predicted octanol–water partition coefficient (Wildman–Crippen LogP) is 0.893. The third-order valence-corrected chi connectivity index (χ3v) is 2.73. The summed E-state index contributed by atoms with van der Waals surface area (Å²) in [5, 5.41) is 0. The van der Waals surface area contributed by atoms with Crippen molar-refractivity contribution in [3.05, 3.63) is 12.7 Å². The van der Waals surface area contributed by atoms with Gasteiger partial charge in [0, 0.05) is 19.1 Å². The average Bonchev–Trinajstić information content (AvgIpc) is 2.46. The van der Waals surface area contributed by atoms with E-state index in [1.807, 2.05) is 0 Å². The van der Waals surface area contributed by atoms with Gasteiger partial charge in [0.25, 0.3) is 0 Å². The van der Waals surface area contributed by atoms with Gasteiger partial charge in [-0.3, -0.25) is 4.90 Å². The van der Waals surface area contributed by atoms with Crippen molar-refractivity contribution in [2.24, 2.45) is 5.92 Å². The van der Waals surface area contributed by atoms with Crippen molar-refractivity contribution in [1.82, 2.24) is 4.90 Å². The Bertz CT molecular complexity index is 144. The highest BCUT2D eigenvalue weighted by Crippen LogP contribution is 2.25. The summed E-state index contributed by atoms with van der Waals surface area (Å²) in [6.45, 7) is 8.01. The summed E-state index contributed by atoms with van der Waals surface area (Å²) in [4.78, 5) is 2.52. The molecule has 2 rings (SSSR count). The monoisotopic (exact) mass is 153 g/mol.